The number of benzene rings is 2. The molecule has 0 unspecified atom stereocenters. The summed E-state index contributed by atoms with van der Waals surface area (Å²) in [5, 5.41) is 7.17. The molecule has 0 aliphatic rings. The first-order chi connectivity index (χ1) is 13.3. The van der Waals surface area contributed by atoms with Gasteiger partial charge in [0.05, 0.1) is 10.9 Å². The maximum absolute atomic E-state index is 12.8. The van der Waals surface area contributed by atoms with Crippen LogP contribution in [0.5, 0.6) is 0 Å². The van der Waals surface area contributed by atoms with Gasteiger partial charge >= 0.3 is 0 Å². The van der Waals surface area contributed by atoms with Crippen molar-refractivity contribution in [1.29, 1.82) is 0 Å². The van der Waals surface area contributed by atoms with Crippen LogP contribution in [0.25, 0.3) is 16.6 Å². The maximum Gasteiger partial charge on any atom is 0.193 e. The third kappa shape index (κ3) is 3.32. The molecule has 0 amide bonds. The molecule has 134 valence electrons. The lowest BCUT2D eigenvalue weighted by atomic mass is 10.1. The van der Waals surface area contributed by atoms with Crippen LogP contribution in [-0.2, 0) is 6.54 Å². The quantitative estimate of drug-likeness (QED) is 0.570. The Hall–Kier alpha value is -3.44. The predicted octanol–water partition coefficient (Wildman–Crippen LogP) is 3.85. The van der Waals surface area contributed by atoms with Crippen molar-refractivity contribution >= 4 is 22.4 Å². The average Bonchev–Trinajstić information content (AvgIpc) is 2.70. The van der Waals surface area contributed by atoms with E-state index >= 15 is 0 Å². The number of rotatable bonds is 5. The van der Waals surface area contributed by atoms with Gasteiger partial charge in [-0.2, -0.15) is 0 Å². The summed E-state index contributed by atoms with van der Waals surface area (Å²) in [6.45, 7) is 0.616. The maximum atomic E-state index is 12.8. The molecular weight excluding hydrogens is 336 g/mol. The molecule has 0 saturated carbocycles. The van der Waals surface area contributed by atoms with Gasteiger partial charge in [0, 0.05) is 41.9 Å². The van der Waals surface area contributed by atoms with Gasteiger partial charge in [-0.3, -0.25) is 14.3 Å². The van der Waals surface area contributed by atoms with Crippen LogP contribution in [-0.4, -0.2) is 16.6 Å². The Labute approximate surface area is 157 Å². The highest BCUT2D eigenvalue weighted by atomic mass is 16.1. The van der Waals surface area contributed by atoms with E-state index in [1.165, 1.54) is 0 Å². The average molecular weight is 356 g/mol. The highest BCUT2D eigenvalue weighted by molar-refractivity contribution is 5.86. The summed E-state index contributed by atoms with van der Waals surface area (Å²) in [4.78, 5) is 17.1. The van der Waals surface area contributed by atoms with E-state index in [0.29, 0.717) is 17.7 Å². The van der Waals surface area contributed by atoms with Crippen molar-refractivity contribution in [2.75, 3.05) is 12.4 Å². The normalized spacial score (nSPS) is 10.9. The minimum absolute atomic E-state index is 0.0546. The van der Waals surface area contributed by atoms with Crippen LogP contribution in [0.3, 0.4) is 0 Å². The molecule has 0 aliphatic carbocycles. The minimum Gasteiger partial charge on any atom is -0.341 e. The largest absolute Gasteiger partial charge is 0.341 e. The Balaban J connectivity index is 2.05. The van der Waals surface area contributed by atoms with Gasteiger partial charge in [0.1, 0.15) is 5.82 Å². The zero-order chi connectivity index (χ0) is 18.6. The van der Waals surface area contributed by atoms with Gasteiger partial charge in [-0.05, 0) is 31.3 Å². The molecule has 4 rings (SSSR count). The number of anilines is 2. The number of pyridine rings is 2. The van der Waals surface area contributed by atoms with Gasteiger partial charge in [-0.15, -0.1) is 0 Å². The summed E-state index contributed by atoms with van der Waals surface area (Å²) in [7, 11) is 1.88. The molecule has 0 saturated heterocycles. The van der Waals surface area contributed by atoms with E-state index in [1.54, 1.807) is 12.3 Å². The fourth-order valence-corrected chi connectivity index (χ4v) is 3.25. The molecular formula is C22H20N4O. The van der Waals surface area contributed by atoms with Crippen molar-refractivity contribution in [1.82, 2.24) is 14.9 Å². The van der Waals surface area contributed by atoms with E-state index in [0.717, 1.165) is 22.5 Å². The van der Waals surface area contributed by atoms with Crippen molar-refractivity contribution in [3.05, 3.63) is 94.9 Å². The zero-order valence-electron chi connectivity index (χ0n) is 15.0. The summed E-state index contributed by atoms with van der Waals surface area (Å²) in [6.07, 6.45) is 3.45. The van der Waals surface area contributed by atoms with Gasteiger partial charge < -0.3 is 10.6 Å². The van der Waals surface area contributed by atoms with Crippen molar-refractivity contribution in [3.8, 4) is 5.69 Å². The summed E-state index contributed by atoms with van der Waals surface area (Å²) in [5.41, 5.74) is 3.67. The molecule has 27 heavy (non-hydrogen) atoms. The number of fused-ring (bicyclic) bond motifs is 1. The lowest BCUT2D eigenvalue weighted by Crippen LogP contribution is -2.16. The van der Waals surface area contributed by atoms with Crippen LogP contribution >= 0.6 is 0 Å². The van der Waals surface area contributed by atoms with Crippen molar-refractivity contribution in [2.24, 2.45) is 0 Å². The fraction of sp³-hybridized carbons (Fsp3) is 0.0909. The van der Waals surface area contributed by atoms with Gasteiger partial charge in [0.25, 0.3) is 0 Å². The summed E-state index contributed by atoms with van der Waals surface area (Å²) in [5.74, 6) is 0.716. The van der Waals surface area contributed by atoms with Crippen LogP contribution in [0, 0.1) is 0 Å². The molecule has 2 N–H and O–H groups in total. The molecule has 5 heteroatoms. The molecule has 2 aromatic carbocycles. The van der Waals surface area contributed by atoms with Gasteiger partial charge in [0.2, 0.25) is 0 Å². The summed E-state index contributed by atoms with van der Waals surface area (Å²) in [6, 6.07) is 21.5. The van der Waals surface area contributed by atoms with Crippen molar-refractivity contribution in [3.63, 3.8) is 0 Å². The second-order valence-corrected chi connectivity index (χ2v) is 6.28. The third-order valence-corrected chi connectivity index (χ3v) is 4.42. The van der Waals surface area contributed by atoms with Crippen LogP contribution < -0.4 is 16.1 Å². The number of hydrogen-bond acceptors (Lipinski definition) is 4. The Bertz CT molecular complexity index is 1120. The Morgan fingerprint density at radius 3 is 2.37 bits per heavy atom. The number of para-hydroxylation sites is 2. The molecule has 0 atom stereocenters. The predicted molar refractivity (Wildman–Crippen MR) is 110 cm³/mol. The highest BCUT2D eigenvalue weighted by Gasteiger charge is 2.14. The number of aromatic nitrogens is 2. The highest BCUT2D eigenvalue weighted by Crippen LogP contribution is 2.26. The van der Waals surface area contributed by atoms with E-state index in [9.17, 15) is 4.79 Å². The second kappa shape index (κ2) is 7.43. The monoisotopic (exact) mass is 356 g/mol. The van der Waals surface area contributed by atoms with Crippen molar-refractivity contribution in [2.45, 2.75) is 6.54 Å². The molecule has 0 spiro atoms. The molecule has 0 aliphatic heterocycles. The van der Waals surface area contributed by atoms with E-state index in [1.807, 2.05) is 73.9 Å². The first kappa shape index (κ1) is 17.0. The molecule has 5 nitrogen and oxygen atoms in total. The first-order valence-electron chi connectivity index (χ1n) is 8.82. The first-order valence-corrected chi connectivity index (χ1v) is 8.82. The number of nitrogens with zero attached hydrogens (tertiary/aromatic N) is 2. The Kier molecular flexibility index (Phi) is 4.68. The Morgan fingerprint density at radius 1 is 0.963 bits per heavy atom. The van der Waals surface area contributed by atoms with Crippen LogP contribution in [0.2, 0.25) is 0 Å². The molecule has 0 fully saturated rings. The summed E-state index contributed by atoms with van der Waals surface area (Å²) >= 11 is 0. The van der Waals surface area contributed by atoms with Gasteiger partial charge in [0.15, 0.2) is 5.43 Å². The van der Waals surface area contributed by atoms with Crippen molar-refractivity contribution < 1.29 is 0 Å². The SMILES string of the molecule is CNCc1cncc2c(=O)cc(Nc3ccccc3)n(-c3ccccc3)c12. The minimum atomic E-state index is -0.0546. The van der Waals surface area contributed by atoms with Crippen LogP contribution in [0.15, 0.2) is 83.9 Å². The molecule has 0 radical (unpaired) electrons. The lowest BCUT2D eigenvalue weighted by Gasteiger charge is -2.20. The van der Waals surface area contributed by atoms with E-state index in [2.05, 4.69) is 20.2 Å². The molecule has 0 bridgehead atoms. The third-order valence-electron chi connectivity index (χ3n) is 4.42. The Morgan fingerprint density at radius 2 is 1.67 bits per heavy atom. The van der Waals surface area contributed by atoms with Crippen LogP contribution in [0.4, 0.5) is 11.5 Å². The number of nitrogens with one attached hydrogen (secondary N) is 2. The zero-order valence-corrected chi connectivity index (χ0v) is 15.0. The lowest BCUT2D eigenvalue weighted by molar-refractivity contribution is 0.814. The molecule has 4 aromatic rings. The fourth-order valence-electron chi connectivity index (χ4n) is 3.25. The van der Waals surface area contributed by atoms with E-state index < -0.39 is 0 Å². The summed E-state index contributed by atoms with van der Waals surface area (Å²) < 4.78 is 2.08. The number of hydrogen-bond donors (Lipinski definition) is 2. The topological polar surface area (TPSA) is 59.0 Å². The smallest absolute Gasteiger partial charge is 0.193 e. The van der Waals surface area contributed by atoms with Gasteiger partial charge in [-0.25, -0.2) is 0 Å². The van der Waals surface area contributed by atoms with E-state index in [4.69, 9.17) is 0 Å². The standard InChI is InChI=1S/C22H20N4O/c1-23-13-16-14-24-15-19-20(27)12-21(25-17-8-4-2-5-9-17)26(22(16)19)18-10-6-3-7-11-18/h2-12,14-15,23,25H,13H2,1H3. The molecule has 2 heterocycles. The van der Waals surface area contributed by atoms with Gasteiger partial charge in [-0.1, -0.05) is 36.4 Å². The van der Waals surface area contributed by atoms with E-state index in [-0.39, 0.29) is 5.43 Å². The van der Waals surface area contributed by atoms with Crippen LogP contribution in [0.1, 0.15) is 5.56 Å². The second-order valence-electron chi connectivity index (χ2n) is 6.28. The molecule has 2 aromatic heterocycles.